The number of fused-ring (bicyclic) bond motifs is 7. The Hall–Kier alpha value is -2.22. The number of rotatable bonds is 1. The lowest BCUT2D eigenvalue weighted by atomic mass is 9.35. The predicted octanol–water partition coefficient (Wildman–Crippen LogP) is 5.90. The molecule has 0 bridgehead atoms. The van der Waals surface area contributed by atoms with E-state index in [1.165, 1.54) is 0 Å². The van der Waals surface area contributed by atoms with Crippen molar-refractivity contribution in [2.75, 3.05) is 0 Å². The van der Waals surface area contributed by atoms with Gasteiger partial charge in [0.25, 0.3) is 0 Å². The van der Waals surface area contributed by atoms with Crippen molar-refractivity contribution in [1.29, 1.82) is 5.26 Å². The average molecular weight is 478 g/mol. The maximum absolute atomic E-state index is 14.2. The van der Waals surface area contributed by atoms with E-state index >= 15 is 0 Å². The van der Waals surface area contributed by atoms with Crippen molar-refractivity contribution in [1.82, 2.24) is 0 Å². The van der Waals surface area contributed by atoms with E-state index in [0.717, 1.165) is 31.3 Å². The number of carboxylic acids is 1. The number of ketones is 2. The molecule has 8 atom stereocenters. The monoisotopic (exact) mass is 477 g/mol. The normalized spacial score (nSPS) is 48.3. The Morgan fingerprint density at radius 3 is 2.31 bits per heavy atom. The smallest absolute Gasteiger partial charge is 0.309 e. The van der Waals surface area contributed by atoms with E-state index in [-0.39, 0.29) is 57.1 Å². The first-order chi connectivity index (χ1) is 16.2. The molecule has 0 aliphatic heterocycles. The molecule has 0 aromatic carbocycles. The number of hydrogen-bond donors (Lipinski definition) is 1. The van der Waals surface area contributed by atoms with Gasteiger partial charge in [0.2, 0.25) is 0 Å². The minimum atomic E-state index is -0.822. The van der Waals surface area contributed by atoms with Crippen LogP contribution in [-0.2, 0) is 14.4 Å². The molecule has 0 spiro atoms. The third-order valence-corrected chi connectivity index (χ3v) is 11.9. The Kier molecular flexibility index (Phi) is 5.02. The van der Waals surface area contributed by atoms with Crippen molar-refractivity contribution in [3.05, 3.63) is 23.3 Å². The summed E-state index contributed by atoms with van der Waals surface area (Å²) in [6.45, 7) is 13.0. The molecule has 5 rings (SSSR count). The molecular weight excluding hydrogens is 438 g/mol. The lowest BCUT2D eigenvalue weighted by Crippen LogP contribution is -2.65. The summed E-state index contributed by atoms with van der Waals surface area (Å²) in [4.78, 5) is 39.7. The maximum Gasteiger partial charge on any atom is 0.309 e. The van der Waals surface area contributed by atoms with Gasteiger partial charge < -0.3 is 5.11 Å². The molecule has 0 heterocycles. The minimum Gasteiger partial charge on any atom is -0.481 e. The van der Waals surface area contributed by atoms with Gasteiger partial charge in [-0.15, -0.1) is 0 Å². The van der Waals surface area contributed by atoms with E-state index in [9.17, 15) is 24.8 Å². The number of carboxylic acid groups (broad SMARTS) is 1. The van der Waals surface area contributed by atoms with Crippen molar-refractivity contribution in [2.45, 2.75) is 86.5 Å². The molecular formula is C30H39NO4. The number of carbonyl (C=O) groups excluding carboxylic acids is 2. The number of allylic oxidation sites excluding steroid dienone is 4. The van der Waals surface area contributed by atoms with Crippen LogP contribution < -0.4 is 0 Å². The van der Waals surface area contributed by atoms with E-state index in [4.69, 9.17) is 0 Å². The predicted molar refractivity (Wildman–Crippen MR) is 132 cm³/mol. The molecule has 5 aliphatic rings. The molecule has 5 aliphatic carbocycles. The van der Waals surface area contributed by atoms with Gasteiger partial charge in [-0.3, -0.25) is 14.4 Å². The van der Waals surface area contributed by atoms with Crippen LogP contribution in [0.3, 0.4) is 0 Å². The first kappa shape index (κ1) is 24.5. The zero-order chi connectivity index (χ0) is 25.8. The summed E-state index contributed by atoms with van der Waals surface area (Å²) in [6, 6.07) is 2.13. The molecule has 2 unspecified atom stereocenters. The van der Waals surface area contributed by atoms with Crippen LogP contribution in [0.15, 0.2) is 23.3 Å². The van der Waals surface area contributed by atoms with Crippen molar-refractivity contribution in [3.8, 4) is 6.07 Å². The van der Waals surface area contributed by atoms with E-state index < -0.39 is 16.8 Å². The summed E-state index contributed by atoms with van der Waals surface area (Å²) >= 11 is 0. The van der Waals surface area contributed by atoms with Crippen LogP contribution in [0.4, 0.5) is 0 Å². The molecule has 0 amide bonds. The van der Waals surface area contributed by atoms with Crippen LogP contribution in [0.1, 0.15) is 86.5 Å². The topological polar surface area (TPSA) is 95.2 Å². The summed E-state index contributed by atoms with van der Waals surface area (Å²) < 4.78 is 0. The average Bonchev–Trinajstić information content (AvgIpc) is 2.77. The molecule has 0 aromatic heterocycles. The van der Waals surface area contributed by atoms with E-state index in [1.54, 1.807) is 0 Å². The fraction of sp³-hybridized carbons (Fsp3) is 0.733. The number of carbonyl (C=O) groups is 3. The van der Waals surface area contributed by atoms with Gasteiger partial charge in [-0.25, -0.2) is 0 Å². The number of Topliss-reactive ketones (excluding diaryl/α,β-unsaturated/α-hetero) is 1. The first-order valence-electron chi connectivity index (χ1n) is 13.3. The highest BCUT2D eigenvalue weighted by Gasteiger charge is 2.70. The van der Waals surface area contributed by atoms with Gasteiger partial charge in [-0.2, -0.15) is 5.26 Å². The zero-order valence-electron chi connectivity index (χ0n) is 22.0. The summed E-state index contributed by atoms with van der Waals surface area (Å²) in [7, 11) is 0. The largest absolute Gasteiger partial charge is 0.481 e. The van der Waals surface area contributed by atoms with Crippen LogP contribution in [0, 0.1) is 62.1 Å². The highest BCUT2D eigenvalue weighted by Crippen LogP contribution is 2.73. The summed E-state index contributed by atoms with van der Waals surface area (Å²) in [6.07, 6.45) is 9.03. The van der Waals surface area contributed by atoms with Crippen LogP contribution in [0.5, 0.6) is 0 Å². The maximum atomic E-state index is 14.2. The van der Waals surface area contributed by atoms with E-state index in [2.05, 4.69) is 40.7 Å². The van der Waals surface area contributed by atoms with Crippen molar-refractivity contribution < 1.29 is 19.5 Å². The zero-order valence-corrected chi connectivity index (χ0v) is 22.0. The summed E-state index contributed by atoms with van der Waals surface area (Å²) in [5.74, 6) is -1.43. The Balaban J connectivity index is 1.70. The molecule has 188 valence electrons. The minimum absolute atomic E-state index is 0.0142. The number of hydrogen-bond acceptors (Lipinski definition) is 4. The van der Waals surface area contributed by atoms with Gasteiger partial charge in [0, 0.05) is 17.3 Å². The molecule has 0 saturated heterocycles. The first-order valence-corrected chi connectivity index (χ1v) is 13.3. The lowest BCUT2D eigenvalue weighted by Gasteiger charge is -2.68. The van der Waals surface area contributed by atoms with Crippen molar-refractivity contribution >= 4 is 17.5 Å². The number of nitrogens with zero attached hydrogens (tertiary/aromatic N) is 1. The second-order valence-electron chi connectivity index (χ2n) is 13.9. The van der Waals surface area contributed by atoms with Crippen molar-refractivity contribution in [2.24, 2.45) is 50.7 Å². The van der Waals surface area contributed by atoms with Gasteiger partial charge in [0.1, 0.15) is 6.07 Å². The Morgan fingerprint density at radius 1 is 1.03 bits per heavy atom. The molecule has 3 saturated carbocycles. The molecule has 1 N–H and O–H groups in total. The van der Waals surface area contributed by atoms with Gasteiger partial charge in [-0.1, -0.05) is 53.2 Å². The second kappa shape index (κ2) is 7.17. The third-order valence-electron chi connectivity index (χ3n) is 11.9. The van der Waals surface area contributed by atoms with Crippen molar-refractivity contribution in [3.63, 3.8) is 0 Å². The Bertz CT molecular complexity index is 1140. The second-order valence-corrected chi connectivity index (χ2v) is 13.9. The molecule has 5 heteroatoms. The Labute approximate surface area is 209 Å². The van der Waals surface area contributed by atoms with E-state index in [0.29, 0.717) is 19.3 Å². The highest BCUT2D eigenvalue weighted by molar-refractivity contribution is 6.02. The lowest BCUT2D eigenvalue weighted by molar-refractivity contribution is -0.188. The molecule has 3 fully saturated rings. The Morgan fingerprint density at radius 2 is 1.69 bits per heavy atom. The van der Waals surface area contributed by atoms with Crippen LogP contribution in [-0.4, -0.2) is 22.6 Å². The van der Waals surface area contributed by atoms with Crippen LogP contribution >= 0.6 is 0 Å². The van der Waals surface area contributed by atoms with Gasteiger partial charge >= 0.3 is 5.97 Å². The SMILES string of the molecule is C[C@@H]1C(=O)C(C#N)=C[C@]2(C)C3=CC(=O)C4C5CC(C)(C)CC[C@]5(C(=O)O)CC[C@@]4(C)[C@]3(C)CC[C@@H]12. The standard InChI is InChI=1S/C30H39NO4/c1-17-19-7-8-28(5)22(27(19,4)14-18(16-31)24(17)33)13-21(32)23-20-15-26(2,3)9-11-30(20,25(34)35)12-10-29(23,28)6/h13-14,17,19-20,23H,7-12,15H2,1-6H3,(H,34,35)/t17-,19-,20?,23?,27-,28+,29+,30-/m0/s1. The molecule has 5 nitrogen and oxygen atoms in total. The number of nitriles is 1. The van der Waals surface area contributed by atoms with Crippen LogP contribution in [0.2, 0.25) is 0 Å². The van der Waals surface area contributed by atoms with Gasteiger partial charge in [0.05, 0.1) is 11.0 Å². The fourth-order valence-corrected chi connectivity index (χ4v) is 9.63. The van der Waals surface area contributed by atoms with Gasteiger partial charge in [0.15, 0.2) is 11.6 Å². The van der Waals surface area contributed by atoms with E-state index in [1.807, 2.05) is 19.1 Å². The summed E-state index contributed by atoms with van der Waals surface area (Å²) in [5.41, 5.74) is -0.705. The van der Waals surface area contributed by atoms with Crippen LogP contribution in [0.25, 0.3) is 0 Å². The molecule has 35 heavy (non-hydrogen) atoms. The summed E-state index contributed by atoms with van der Waals surface area (Å²) in [5, 5.41) is 20.2. The highest BCUT2D eigenvalue weighted by atomic mass is 16.4. The molecule has 0 radical (unpaired) electrons. The fourth-order valence-electron chi connectivity index (χ4n) is 9.63. The third kappa shape index (κ3) is 2.89. The number of aliphatic carboxylic acids is 1. The molecule has 0 aromatic rings. The van der Waals surface area contributed by atoms with Gasteiger partial charge in [-0.05, 0) is 79.1 Å². The quantitative estimate of drug-likeness (QED) is 0.507.